The number of aryl methyl sites for hydroxylation is 2. The number of nitrogens with one attached hydrogen (secondary N) is 3. The fourth-order valence-electron chi connectivity index (χ4n) is 3.62. The number of anilines is 2. The van der Waals surface area contributed by atoms with Gasteiger partial charge in [0.25, 0.3) is 11.5 Å². The van der Waals surface area contributed by atoms with Crippen LogP contribution in [0.5, 0.6) is 0 Å². The maximum absolute atomic E-state index is 13.2. The summed E-state index contributed by atoms with van der Waals surface area (Å²) in [6, 6.07) is 17.0. The number of H-pyrrole nitrogens is 1. The van der Waals surface area contributed by atoms with Gasteiger partial charge in [-0.3, -0.25) is 14.7 Å². The van der Waals surface area contributed by atoms with Crippen LogP contribution in [-0.2, 0) is 0 Å². The molecule has 2 heterocycles. The zero-order valence-electron chi connectivity index (χ0n) is 17.6. The van der Waals surface area contributed by atoms with Crippen molar-refractivity contribution in [2.45, 2.75) is 20.8 Å². The second-order valence-corrected chi connectivity index (χ2v) is 7.42. The smallest absolute Gasteiger partial charge is 0.285 e. The molecule has 2 aromatic carbocycles. The Bertz CT molecular complexity index is 1370. The Labute approximate surface area is 179 Å². The molecule has 0 spiro atoms. The highest BCUT2D eigenvalue weighted by Gasteiger charge is 2.22. The van der Waals surface area contributed by atoms with Crippen LogP contribution < -0.4 is 16.2 Å². The quantitative estimate of drug-likeness (QED) is 0.449. The number of rotatable bonds is 5. The summed E-state index contributed by atoms with van der Waals surface area (Å²) in [5, 5.41) is 8.98. The summed E-state index contributed by atoms with van der Waals surface area (Å²) < 4.78 is 1.33. The van der Waals surface area contributed by atoms with Gasteiger partial charge in [-0.25, -0.2) is 9.50 Å². The molecule has 0 fully saturated rings. The van der Waals surface area contributed by atoms with E-state index >= 15 is 0 Å². The Morgan fingerprint density at radius 3 is 2.26 bits per heavy atom. The predicted molar refractivity (Wildman–Crippen MR) is 124 cm³/mol. The van der Waals surface area contributed by atoms with Gasteiger partial charge in [-0.05, 0) is 38.5 Å². The molecule has 0 bridgehead atoms. The zero-order valence-corrected chi connectivity index (χ0v) is 17.6. The molecule has 3 N–H and O–H groups in total. The van der Waals surface area contributed by atoms with Gasteiger partial charge in [-0.2, -0.15) is 0 Å². The number of allylic oxidation sites excluding steroid dienone is 1. The molecule has 7 heteroatoms. The molecular formula is C24H23N5O2. The molecule has 4 aromatic rings. The number of carbonyl (C=O) groups excluding carboxylic acids is 1. The van der Waals surface area contributed by atoms with Gasteiger partial charge in [0.1, 0.15) is 5.56 Å². The lowest BCUT2D eigenvalue weighted by Crippen LogP contribution is -2.29. The van der Waals surface area contributed by atoms with E-state index < -0.39 is 11.5 Å². The minimum Gasteiger partial charge on any atom is -0.358 e. The van der Waals surface area contributed by atoms with Crippen molar-refractivity contribution < 1.29 is 4.79 Å². The first-order valence-electron chi connectivity index (χ1n) is 9.87. The van der Waals surface area contributed by atoms with Gasteiger partial charge in [0, 0.05) is 17.0 Å². The standard InChI is InChI=1S/C24H23N5O2/c1-14(2)25-18-12-8-9-13-19(18)27-23(30)21-15(3)26-22-20(17-10-6-5-7-11-17)16(4)28-29(22)24(21)31/h5-13,25,28H,1H2,2-4H3,(H,27,30). The number of benzene rings is 2. The first kappa shape index (κ1) is 20.2. The van der Waals surface area contributed by atoms with Crippen molar-refractivity contribution in [2.75, 3.05) is 10.6 Å². The highest BCUT2D eigenvalue weighted by atomic mass is 16.2. The van der Waals surface area contributed by atoms with Crippen LogP contribution in [-0.4, -0.2) is 20.5 Å². The lowest BCUT2D eigenvalue weighted by Gasteiger charge is -2.13. The van der Waals surface area contributed by atoms with Gasteiger partial charge in [-0.15, -0.1) is 0 Å². The third kappa shape index (κ3) is 3.73. The number of fused-ring (bicyclic) bond motifs is 1. The van der Waals surface area contributed by atoms with E-state index in [-0.39, 0.29) is 5.56 Å². The summed E-state index contributed by atoms with van der Waals surface area (Å²) >= 11 is 0. The van der Waals surface area contributed by atoms with Crippen molar-refractivity contribution in [2.24, 2.45) is 0 Å². The first-order valence-corrected chi connectivity index (χ1v) is 9.87. The molecular weight excluding hydrogens is 390 g/mol. The van der Waals surface area contributed by atoms with Crippen LogP contribution in [0.4, 0.5) is 11.4 Å². The molecule has 0 saturated carbocycles. The number of hydrogen-bond acceptors (Lipinski definition) is 4. The Hall–Kier alpha value is -4.13. The molecule has 0 saturated heterocycles. The van der Waals surface area contributed by atoms with Crippen LogP contribution in [0, 0.1) is 13.8 Å². The van der Waals surface area contributed by atoms with Gasteiger partial charge in [0.2, 0.25) is 0 Å². The maximum atomic E-state index is 13.2. The Morgan fingerprint density at radius 2 is 1.61 bits per heavy atom. The number of carbonyl (C=O) groups is 1. The summed E-state index contributed by atoms with van der Waals surface area (Å²) in [6.07, 6.45) is 0. The second kappa shape index (κ2) is 7.95. The van der Waals surface area contributed by atoms with Crippen LogP contribution in [0.25, 0.3) is 16.8 Å². The fourth-order valence-corrected chi connectivity index (χ4v) is 3.62. The second-order valence-electron chi connectivity index (χ2n) is 7.42. The summed E-state index contributed by atoms with van der Waals surface area (Å²) in [4.78, 5) is 30.9. The fraction of sp³-hybridized carbons (Fsp3) is 0.125. The molecule has 0 aliphatic heterocycles. The lowest BCUT2D eigenvalue weighted by molar-refractivity contribution is 0.102. The predicted octanol–water partition coefficient (Wildman–Crippen LogP) is 4.50. The van der Waals surface area contributed by atoms with Crippen molar-refractivity contribution >= 4 is 22.9 Å². The normalized spacial score (nSPS) is 10.8. The summed E-state index contributed by atoms with van der Waals surface area (Å²) in [7, 11) is 0. The molecule has 7 nitrogen and oxygen atoms in total. The van der Waals surface area contributed by atoms with Crippen LogP contribution in [0.15, 0.2) is 71.7 Å². The molecule has 2 aromatic heterocycles. The average molecular weight is 413 g/mol. The molecule has 0 aliphatic rings. The Balaban J connectivity index is 1.79. The van der Waals surface area contributed by atoms with Gasteiger partial charge < -0.3 is 10.6 Å². The lowest BCUT2D eigenvalue weighted by atomic mass is 10.1. The molecule has 156 valence electrons. The number of para-hydroxylation sites is 2. The van der Waals surface area contributed by atoms with Crippen molar-refractivity contribution in [1.29, 1.82) is 0 Å². The number of aromatic nitrogens is 3. The van der Waals surface area contributed by atoms with Gasteiger partial charge in [0.05, 0.1) is 17.1 Å². The highest BCUT2D eigenvalue weighted by Crippen LogP contribution is 2.27. The van der Waals surface area contributed by atoms with Crippen LogP contribution in [0.3, 0.4) is 0 Å². The average Bonchev–Trinajstić information content (AvgIpc) is 3.06. The van der Waals surface area contributed by atoms with E-state index in [0.29, 0.717) is 22.7 Å². The van der Waals surface area contributed by atoms with Gasteiger partial charge in [-0.1, -0.05) is 49.0 Å². The van der Waals surface area contributed by atoms with E-state index in [1.807, 2.05) is 56.3 Å². The van der Waals surface area contributed by atoms with E-state index in [2.05, 4.69) is 27.3 Å². The van der Waals surface area contributed by atoms with Gasteiger partial charge in [0.15, 0.2) is 5.65 Å². The van der Waals surface area contributed by atoms with E-state index in [4.69, 9.17) is 0 Å². The molecule has 0 radical (unpaired) electrons. The molecule has 0 aliphatic carbocycles. The van der Waals surface area contributed by atoms with Crippen LogP contribution in [0.2, 0.25) is 0 Å². The van der Waals surface area contributed by atoms with Crippen LogP contribution >= 0.6 is 0 Å². The summed E-state index contributed by atoms with van der Waals surface area (Å²) in [5.41, 5.74) is 4.95. The topological polar surface area (TPSA) is 91.3 Å². The van der Waals surface area contributed by atoms with Crippen LogP contribution in [0.1, 0.15) is 28.7 Å². The minimum atomic E-state index is -0.520. The molecule has 0 unspecified atom stereocenters. The summed E-state index contributed by atoms with van der Waals surface area (Å²) in [5.74, 6) is -0.520. The Kier molecular flexibility index (Phi) is 5.17. The maximum Gasteiger partial charge on any atom is 0.285 e. The molecule has 31 heavy (non-hydrogen) atoms. The van der Waals surface area contributed by atoms with E-state index in [1.165, 1.54) is 4.52 Å². The van der Waals surface area contributed by atoms with E-state index in [9.17, 15) is 9.59 Å². The zero-order chi connectivity index (χ0) is 22.1. The van der Waals surface area contributed by atoms with Gasteiger partial charge >= 0.3 is 0 Å². The largest absolute Gasteiger partial charge is 0.358 e. The van der Waals surface area contributed by atoms with Crippen molar-refractivity contribution in [3.63, 3.8) is 0 Å². The minimum absolute atomic E-state index is 0.0107. The van der Waals surface area contributed by atoms with Crippen molar-refractivity contribution in [3.8, 4) is 11.1 Å². The molecule has 0 atom stereocenters. The monoisotopic (exact) mass is 413 g/mol. The SMILES string of the molecule is C=C(C)Nc1ccccc1NC(=O)c1c(C)nc2c(-c3ccccc3)c(C)[nH]n2c1=O. The number of nitrogens with zero attached hydrogens (tertiary/aromatic N) is 2. The number of amides is 1. The highest BCUT2D eigenvalue weighted by molar-refractivity contribution is 6.06. The van der Waals surface area contributed by atoms with E-state index in [0.717, 1.165) is 22.5 Å². The third-order valence-electron chi connectivity index (χ3n) is 4.96. The van der Waals surface area contributed by atoms with Crippen molar-refractivity contribution in [1.82, 2.24) is 14.6 Å². The third-order valence-corrected chi connectivity index (χ3v) is 4.96. The van der Waals surface area contributed by atoms with E-state index in [1.54, 1.807) is 19.1 Å². The molecule has 1 amide bonds. The first-order chi connectivity index (χ1) is 14.9. The number of hydrogen-bond donors (Lipinski definition) is 3. The molecule has 4 rings (SSSR count). The number of aromatic amines is 1. The van der Waals surface area contributed by atoms with Crippen molar-refractivity contribution in [3.05, 3.63) is 94.2 Å². The summed E-state index contributed by atoms with van der Waals surface area (Å²) in [6.45, 7) is 9.21. The Morgan fingerprint density at radius 1 is 1.00 bits per heavy atom.